The van der Waals surface area contributed by atoms with Crippen molar-refractivity contribution in [3.05, 3.63) is 24.3 Å². The van der Waals surface area contributed by atoms with Gasteiger partial charge in [0.1, 0.15) is 11.5 Å². The molecule has 2 atom stereocenters. The van der Waals surface area contributed by atoms with E-state index in [4.69, 9.17) is 9.47 Å². The molecule has 0 spiro atoms. The molecule has 5 heteroatoms. The van der Waals surface area contributed by atoms with Gasteiger partial charge in [0.25, 0.3) is 5.91 Å². The third-order valence-corrected chi connectivity index (χ3v) is 3.66. The fourth-order valence-corrected chi connectivity index (χ4v) is 2.53. The predicted octanol–water partition coefficient (Wildman–Crippen LogP) is 2.11. The highest BCUT2D eigenvalue weighted by atomic mass is 16.5. The maximum Gasteiger partial charge on any atom is 0.258 e. The standard InChI is InChI=1S/C17H26N2O3/c1-3-10-21-15-4-6-16(7-5-15)22-12-17(20)19-14-8-9-18-13(2)11-14/h4-7,13-14,18H,3,8-12H2,1-2H3,(H,19,20). The number of hydrogen-bond donors (Lipinski definition) is 2. The molecule has 2 unspecified atom stereocenters. The topological polar surface area (TPSA) is 59.6 Å². The van der Waals surface area contributed by atoms with Gasteiger partial charge in [-0.2, -0.15) is 0 Å². The van der Waals surface area contributed by atoms with Gasteiger partial charge in [0.2, 0.25) is 0 Å². The second-order valence-electron chi connectivity index (χ2n) is 5.75. The Morgan fingerprint density at radius 1 is 1.27 bits per heavy atom. The van der Waals surface area contributed by atoms with E-state index in [1.165, 1.54) is 0 Å². The minimum atomic E-state index is -0.0644. The van der Waals surface area contributed by atoms with Crippen molar-refractivity contribution < 1.29 is 14.3 Å². The van der Waals surface area contributed by atoms with Crippen LogP contribution in [0.5, 0.6) is 11.5 Å². The summed E-state index contributed by atoms with van der Waals surface area (Å²) >= 11 is 0. The second-order valence-corrected chi connectivity index (χ2v) is 5.75. The number of carbonyl (C=O) groups is 1. The fourth-order valence-electron chi connectivity index (χ4n) is 2.53. The van der Waals surface area contributed by atoms with E-state index in [-0.39, 0.29) is 18.6 Å². The minimum Gasteiger partial charge on any atom is -0.494 e. The van der Waals surface area contributed by atoms with Gasteiger partial charge in [0, 0.05) is 12.1 Å². The third kappa shape index (κ3) is 5.56. The van der Waals surface area contributed by atoms with Crippen molar-refractivity contribution in [3.63, 3.8) is 0 Å². The molecule has 2 N–H and O–H groups in total. The van der Waals surface area contributed by atoms with Gasteiger partial charge in [0.15, 0.2) is 6.61 Å². The van der Waals surface area contributed by atoms with Crippen LogP contribution in [0.15, 0.2) is 24.3 Å². The molecule has 1 saturated heterocycles. The van der Waals surface area contributed by atoms with Gasteiger partial charge in [-0.3, -0.25) is 4.79 Å². The quantitative estimate of drug-likeness (QED) is 0.810. The van der Waals surface area contributed by atoms with Crippen molar-refractivity contribution in [2.75, 3.05) is 19.8 Å². The molecule has 1 aromatic rings. The minimum absolute atomic E-state index is 0.0491. The maximum absolute atomic E-state index is 11.9. The number of carbonyl (C=O) groups excluding carboxylic acids is 1. The molecule has 0 saturated carbocycles. The van der Waals surface area contributed by atoms with Gasteiger partial charge in [-0.25, -0.2) is 0 Å². The average molecular weight is 306 g/mol. The summed E-state index contributed by atoms with van der Waals surface area (Å²) in [5.41, 5.74) is 0. The average Bonchev–Trinajstić information content (AvgIpc) is 2.52. The molecule has 0 aromatic heterocycles. The summed E-state index contributed by atoms with van der Waals surface area (Å²) < 4.78 is 11.0. The predicted molar refractivity (Wildman–Crippen MR) is 86.4 cm³/mol. The number of benzene rings is 1. The Morgan fingerprint density at radius 3 is 2.59 bits per heavy atom. The molecule has 2 rings (SSSR count). The van der Waals surface area contributed by atoms with Crippen molar-refractivity contribution in [2.45, 2.75) is 45.2 Å². The molecule has 122 valence electrons. The van der Waals surface area contributed by atoms with Crippen molar-refractivity contribution in [1.29, 1.82) is 0 Å². The lowest BCUT2D eigenvalue weighted by atomic mass is 10.0. The summed E-state index contributed by atoms with van der Waals surface area (Å²) in [5.74, 6) is 1.44. The maximum atomic E-state index is 11.9. The molecule has 1 aliphatic rings. The summed E-state index contributed by atoms with van der Waals surface area (Å²) in [4.78, 5) is 11.9. The molecular weight excluding hydrogens is 280 g/mol. The van der Waals surface area contributed by atoms with Crippen LogP contribution in [0.3, 0.4) is 0 Å². The zero-order valence-electron chi connectivity index (χ0n) is 13.4. The first-order valence-corrected chi connectivity index (χ1v) is 8.05. The molecule has 5 nitrogen and oxygen atoms in total. The zero-order valence-corrected chi connectivity index (χ0v) is 13.4. The largest absolute Gasteiger partial charge is 0.494 e. The van der Waals surface area contributed by atoms with Crippen LogP contribution in [-0.2, 0) is 4.79 Å². The lowest BCUT2D eigenvalue weighted by molar-refractivity contribution is -0.124. The van der Waals surface area contributed by atoms with E-state index in [9.17, 15) is 4.79 Å². The van der Waals surface area contributed by atoms with E-state index >= 15 is 0 Å². The Kier molecular flexibility index (Phi) is 6.52. The zero-order chi connectivity index (χ0) is 15.8. The molecule has 1 aromatic carbocycles. The van der Waals surface area contributed by atoms with Gasteiger partial charge >= 0.3 is 0 Å². The number of amides is 1. The first-order chi connectivity index (χ1) is 10.7. The number of rotatable bonds is 7. The van der Waals surface area contributed by atoms with E-state index in [0.29, 0.717) is 18.4 Å². The summed E-state index contributed by atoms with van der Waals surface area (Å²) in [6.45, 7) is 5.91. The van der Waals surface area contributed by atoms with Crippen LogP contribution in [0.25, 0.3) is 0 Å². The van der Waals surface area contributed by atoms with E-state index < -0.39 is 0 Å². The molecule has 1 amide bonds. The van der Waals surface area contributed by atoms with Crippen LogP contribution in [0.1, 0.15) is 33.1 Å². The molecule has 22 heavy (non-hydrogen) atoms. The highest BCUT2D eigenvalue weighted by molar-refractivity contribution is 5.77. The Hall–Kier alpha value is -1.75. The summed E-state index contributed by atoms with van der Waals surface area (Å²) in [5, 5.41) is 6.40. The van der Waals surface area contributed by atoms with Gasteiger partial charge in [0.05, 0.1) is 6.61 Å². The van der Waals surface area contributed by atoms with E-state index in [2.05, 4.69) is 24.5 Å². The van der Waals surface area contributed by atoms with Crippen LogP contribution in [0.2, 0.25) is 0 Å². The normalized spacial score (nSPS) is 21.2. The van der Waals surface area contributed by atoms with E-state index in [1.54, 1.807) is 0 Å². The van der Waals surface area contributed by atoms with Gasteiger partial charge in [-0.15, -0.1) is 0 Å². The Bertz CT molecular complexity index is 461. The summed E-state index contributed by atoms with van der Waals surface area (Å²) in [6.07, 6.45) is 2.92. The SMILES string of the molecule is CCCOc1ccc(OCC(=O)NC2CCNC(C)C2)cc1. The smallest absolute Gasteiger partial charge is 0.258 e. The lowest BCUT2D eigenvalue weighted by Gasteiger charge is -2.28. The highest BCUT2D eigenvalue weighted by Crippen LogP contribution is 2.17. The monoisotopic (exact) mass is 306 g/mol. The first-order valence-electron chi connectivity index (χ1n) is 8.05. The third-order valence-electron chi connectivity index (χ3n) is 3.66. The van der Waals surface area contributed by atoms with E-state index in [0.717, 1.165) is 31.6 Å². The number of hydrogen-bond acceptors (Lipinski definition) is 4. The number of nitrogens with one attached hydrogen (secondary N) is 2. The van der Waals surface area contributed by atoms with Crippen molar-refractivity contribution in [1.82, 2.24) is 10.6 Å². The van der Waals surface area contributed by atoms with Gasteiger partial charge in [-0.05, 0) is 57.0 Å². The van der Waals surface area contributed by atoms with Crippen LogP contribution in [0, 0.1) is 0 Å². The van der Waals surface area contributed by atoms with Crippen LogP contribution < -0.4 is 20.1 Å². The molecule has 1 heterocycles. The summed E-state index contributed by atoms with van der Waals surface area (Å²) in [7, 11) is 0. The molecule has 0 radical (unpaired) electrons. The molecule has 1 aliphatic heterocycles. The Labute approximate surface area is 132 Å². The van der Waals surface area contributed by atoms with Gasteiger partial charge in [-0.1, -0.05) is 6.92 Å². The second kappa shape index (κ2) is 8.63. The van der Waals surface area contributed by atoms with Crippen molar-refractivity contribution >= 4 is 5.91 Å². The van der Waals surface area contributed by atoms with Crippen molar-refractivity contribution in [2.24, 2.45) is 0 Å². The van der Waals surface area contributed by atoms with E-state index in [1.807, 2.05) is 24.3 Å². The molecule has 1 fully saturated rings. The highest BCUT2D eigenvalue weighted by Gasteiger charge is 2.19. The fraction of sp³-hybridized carbons (Fsp3) is 0.588. The lowest BCUT2D eigenvalue weighted by Crippen LogP contribution is -2.47. The van der Waals surface area contributed by atoms with Crippen LogP contribution >= 0.6 is 0 Å². The first kappa shape index (κ1) is 16.6. The Morgan fingerprint density at radius 2 is 1.95 bits per heavy atom. The van der Waals surface area contributed by atoms with Crippen molar-refractivity contribution in [3.8, 4) is 11.5 Å². The molecular formula is C17H26N2O3. The molecule has 0 bridgehead atoms. The number of ether oxygens (including phenoxy) is 2. The van der Waals surface area contributed by atoms with Gasteiger partial charge < -0.3 is 20.1 Å². The van der Waals surface area contributed by atoms with Crippen LogP contribution in [-0.4, -0.2) is 37.7 Å². The summed E-state index contributed by atoms with van der Waals surface area (Å²) in [6, 6.07) is 8.07. The molecule has 0 aliphatic carbocycles. The number of piperidine rings is 1. The van der Waals surface area contributed by atoms with Crippen LogP contribution in [0.4, 0.5) is 0 Å². The Balaban J connectivity index is 1.71.